The number of hydrogen-bond donors (Lipinski definition) is 1. The molecule has 0 saturated carbocycles. The van der Waals surface area contributed by atoms with E-state index < -0.39 is 0 Å². The molecule has 0 aliphatic rings. The predicted molar refractivity (Wildman–Crippen MR) is 66.2 cm³/mol. The number of nitrogen functional groups attached to an aromatic ring is 1. The quantitative estimate of drug-likeness (QED) is 0.683. The molecule has 0 atom stereocenters. The summed E-state index contributed by atoms with van der Waals surface area (Å²) >= 11 is 0. The molecule has 3 rings (SSSR count). The fourth-order valence-corrected chi connectivity index (χ4v) is 1.79. The molecule has 2 aromatic heterocycles. The molecule has 3 aromatic rings. The maximum Gasteiger partial charge on any atom is 0.163 e. The number of aryl methyl sites for hydroxylation is 1. The average molecular weight is 225 g/mol. The summed E-state index contributed by atoms with van der Waals surface area (Å²) in [4.78, 5) is 8.78. The maximum absolute atomic E-state index is 5.75. The van der Waals surface area contributed by atoms with E-state index in [1.165, 1.54) is 0 Å². The lowest BCUT2D eigenvalue weighted by Crippen LogP contribution is -1.95. The van der Waals surface area contributed by atoms with Gasteiger partial charge < -0.3 is 5.73 Å². The Labute approximate surface area is 97.9 Å². The van der Waals surface area contributed by atoms with E-state index >= 15 is 0 Å². The van der Waals surface area contributed by atoms with E-state index in [1.54, 1.807) is 10.9 Å². The second-order valence-electron chi connectivity index (χ2n) is 3.81. The van der Waals surface area contributed by atoms with Crippen LogP contribution in [0.2, 0.25) is 0 Å². The number of rotatable bonds is 1. The van der Waals surface area contributed by atoms with Crippen molar-refractivity contribution in [1.82, 2.24) is 19.7 Å². The van der Waals surface area contributed by atoms with Crippen molar-refractivity contribution in [2.45, 2.75) is 0 Å². The van der Waals surface area contributed by atoms with Crippen LogP contribution < -0.4 is 5.73 Å². The number of benzene rings is 1. The molecule has 0 aliphatic heterocycles. The SMILES string of the molecule is Cn1nc(N)c2cnc(-c3ccccc3)nc21. The normalized spacial score (nSPS) is 10.9. The first-order valence-corrected chi connectivity index (χ1v) is 5.26. The van der Waals surface area contributed by atoms with Crippen molar-refractivity contribution in [3.8, 4) is 11.4 Å². The molecular weight excluding hydrogens is 214 g/mol. The van der Waals surface area contributed by atoms with Gasteiger partial charge in [-0.3, -0.25) is 0 Å². The van der Waals surface area contributed by atoms with Crippen LogP contribution in [0.4, 0.5) is 5.82 Å². The van der Waals surface area contributed by atoms with Crippen LogP contribution in [0, 0.1) is 0 Å². The number of hydrogen-bond acceptors (Lipinski definition) is 4. The van der Waals surface area contributed by atoms with Gasteiger partial charge in [0.2, 0.25) is 0 Å². The standard InChI is InChI=1S/C12H11N5/c1-17-12-9(10(13)16-17)7-14-11(15-12)8-5-3-2-4-6-8/h2-7H,1H3,(H2,13,16). The first-order chi connectivity index (χ1) is 8.25. The molecule has 0 amide bonds. The number of anilines is 1. The van der Waals surface area contributed by atoms with Gasteiger partial charge in [-0.2, -0.15) is 5.10 Å². The minimum Gasteiger partial charge on any atom is -0.382 e. The monoisotopic (exact) mass is 225 g/mol. The summed E-state index contributed by atoms with van der Waals surface area (Å²) in [5.41, 5.74) is 7.48. The number of nitrogens with zero attached hydrogens (tertiary/aromatic N) is 4. The van der Waals surface area contributed by atoms with Crippen LogP contribution in [0.1, 0.15) is 0 Å². The topological polar surface area (TPSA) is 69.6 Å². The van der Waals surface area contributed by atoms with Gasteiger partial charge in [0.05, 0.1) is 5.39 Å². The van der Waals surface area contributed by atoms with Crippen LogP contribution in [0.15, 0.2) is 36.5 Å². The fraction of sp³-hybridized carbons (Fsp3) is 0.0833. The molecule has 0 radical (unpaired) electrons. The van der Waals surface area contributed by atoms with Gasteiger partial charge >= 0.3 is 0 Å². The summed E-state index contributed by atoms with van der Waals surface area (Å²) in [6.07, 6.45) is 1.72. The molecule has 0 unspecified atom stereocenters. The summed E-state index contributed by atoms with van der Waals surface area (Å²) < 4.78 is 1.67. The van der Waals surface area contributed by atoms with E-state index in [-0.39, 0.29) is 0 Å². The summed E-state index contributed by atoms with van der Waals surface area (Å²) in [6, 6.07) is 9.83. The second-order valence-corrected chi connectivity index (χ2v) is 3.81. The van der Waals surface area contributed by atoms with E-state index in [0.717, 1.165) is 16.6 Å². The first-order valence-electron chi connectivity index (χ1n) is 5.26. The van der Waals surface area contributed by atoms with Crippen LogP contribution >= 0.6 is 0 Å². The van der Waals surface area contributed by atoms with Crippen LogP contribution in [0.3, 0.4) is 0 Å². The molecule has 84 valence electrons. The Morgan fingerprint density at radius 1 is 1.18 bits per heavy atom. The Balaban J connectivity index is 2.24. The van der Waals surface area contributed by atoms with Crippen molar-refractivity contribution >= 4 is 16.9 Å². The van der Waals surface area contributed by atoms with Gasteiger partial charge in [0, 0.05) is 18.8 Å². The van der Waals surface area contributed by atoms with Crippen molar-refractivity contribution < 1.29 is 0 Å². The molecule has 1 aromatic carbocycles. The molecule has 0 saturated heterocycles. The lowest BCUT2D eigenvalue weighted by molar-refractivity contribution is 0.790. The van der Waals surface area contributed by atoms with Gasteiger partial charge in [-0.25, -0.2) is 14.6 Å². The molecule has 2 N–H and O–H groups in total. The van der Waals surface area contributed by atoms with E-state index in [0.29, 0.717) is 11.6 Å². The minimum atomic E-state index is 0.460. The number of aromatic nitrogens is 4. The summed E-state index contributed by atoms with van der Waals surface area (Å²) in [5, 5.41) is 4.90. The highest BCUT2D eigenvalue weighted by molar-refractivity contribution is 5.86. The van der Waals surface area contributed by atoms with Crippen LogP contribution in [-0.2, 0) is 7.05 Å². The molecule has 5 heteroatoms. The molecule has 0 fully saturated rings. The number of fused-ring (bicyclic) bond motifs is 1. The molecule has 17 heavy (non-hydrogen) atoms. The van der Waals surface area contributed by atoms with Crippen molar-refractivity contribution in [2.24, 2.45) is 7.05 Å². The van der Waals surface area contributed by atoms with E-state index in [2.05, 4.69) is 15.1 Å². The maximum atomic E-state index is 5.75. The Morgan fingerprint density at radius 2 is 1.94 bits per heavy atom. The molecule has 0 bridgehead atoms. The second kappa shape index (κ2) is 3.55. The Hall–Kier alpha value is -2.43. The average Bonchev–Trinajstić information content (AvgIpc) is 2.66. The van der Waals surface area contributed by atoms with Crippen LogP contribution in [-0.4, -0.2) is 19.7 Å². The zero-order valence-electron chi connectivity index (χ0n) is 9.33. The summed E-state index contributed by atoms with van der Waals surface area (Å²) in [6.45, 7) is 0. The molecule has 5 nitrogen and oxygen atoms in total. The first kappa shape index (κ1) is 9.77. The summed E-state index contributed by atoms with van der Waals surface area (Å²) in [5.74, 6) is 1.14. The van der Waals surface area contributed by atoms with Crippen molar-refractivity contribution in [1.29, 1.82) is 0 Å². The van der Waals surface area contributed by atoms with Crippen LogP contribution in [0.25, 0.3) is 22.4 Å². The highest BCUT2D eigenvalue weighted by atomic mass is 15.3. The Kier molecular flexibility index (Phi) is 2.04. The third kappa shape index (κ3) is 1.52. The molecule has 2 heterocycles. The van der Waals surface area contributed by atoms with Gasteiger partial charge in [-0.05, 0) is 0 Å². The largest absolute Gasteiger partial charge is 0.382 e. The molecular formula is C12H11N5. The zero-order valence-corrected chi connectivity index (χ0v) is 9.33. The van der Waals surface area contributed by atoms with E-state index in [1.807, 2.05) is 37.4 Å². The van der Waals surface area contributed by atoms with Crippen molar-refractivity contribution in [3.05, 3.63) is 36.5 Å². The Morgan fingerprint density at radius 3 is 2.71 bits per heavy atom. The van der Waals surface area contributed by atoms with Gasteiger partial charge in [0.1, 0.15) is 0 Å². The van der Waals surface area contributed by atoms with Gasteiger partial charge in [-0.1, -0.05) is 30.3 Å². The predicted octanol–water partition coefficient (Wildman–Crippen LogP) is 1.61. The highest BCUT2D eigenvalue weighted by Crippen LogP contribution is 2.20. The smallest absolute Gasteiger partial charge is 0.163 e. The highest BCUT2D eigenvalue weighted by Gasteiger charge is 2.09. The lowest BCUT2D eigenvalue weighted by atomic mass is 10.2. The van der Waals surface area contributed by atoms with Crippen LogP contribution in [0.5, 0.6) is 0 Å². The molecule has 0 aliphatic carbocycles. The van der Waals surface area contributed by atoms with Gasteiger partial charge in [0.15, 0.2) is 17.3 Å². The number of nitrogens with two attached hydrogens (primary N) is 1. The summed E-state index contributed by atoms with van der Waals surface area (Å²) in [7, 11) is 1.82. The molecule has 0 spiro atoms. The van der Waals surface area contributed by atoms with Gasteiger partial charge in [0.25, 0.3) is 0 Å². The third-order valence-electron chi connectivity index (χ3n) is 2.64. The van der Waals surface area contributed by atoms with Crippen molar-refractivity contribution in [2.75, 3.05) is 5.73 Å². The van der Waals surface area contributed by atoms with Gasteiger partial charge in [-0.15, -0.1) is 0 Å². The fourth-order valence-electron chi connectivity index (χ4n) is 1.79. The zero-order chi connectivity index (χ0) is 11.8. The minimum absolute atomic E-state index is 0.460. The van der Waals surface area contributed by atoms with Crippen molar-refractivity contribution in [3.63, 3.8) is 0 Å². The third-order valence-corrected chi connectivity index (χ3v) is 2.64. The Bertz CT molecular complexity index is 672. The van der Waals surface area contributed by atoms with E-state index in [9.17, 15) is 0 Å². The lowest BCUT2D eigenvalue weighted by Gasteiger charge is -2.00. The van der Waals surface area contributed by atoms with E-state index in [4.69, 9.17) is 5.73 Å².